The first-order valence-electron chi connectivity index (χ1n) is 5.69. The van der Waals surface area contributed by atoms with Gasteiger partial charge < -0.3 is 14.2 Å². The maximum absolute atomic E-state index is 5.89. The van der Waals surface area contributed by atoms with Gasteiger partial charge in [0, 0.05) is 25.3 Å². The molecule has 96 valence electrons. The molecule has 1 aromatic rings. The summed E-state index contributed by atoms with van der Waals surface area (Å²) < 4.78 is 15.9. The Kier molecular flexibility index (Phi) is 7.01. The number of ether oxygens (including phenoxy) is 3. The topological polar surface area (TPSA) is 27.7 Å². The predicted octanol–water partition coefficient (Wildman–Crippen LogP) is 3.08. The third kappa shape index (κ3) is 5.91. The van der Waals surface area contributed by atoms with E-state index in [0.717, 1.165) is 24.3 Å². The Hall–Kier alpha value is -0.770. The highest BCUT2D eigenvalue weighted by molar-refractivity contribution is 6.30. The van der Waals surface area contributed by atoms with Gasteiger partial charge in [0.1, 0.15) is 12.4 Å². The first-order chi connectivity index (χ1) is 8.24. The van der Waals surface area contributed by atoms with Crippen molar-refractivity contribution < 1.29 is 14.2 Å². The van der Waals surface area contributed by atoms with E-state index < -0.39 is 0 Å². The van der Waals surface area contributed by atoms with Crippen LogP contribution in [-0.4, -0.2) is 33.5 Å². The van der Waals surface area contributed by atoms with Gasteiger partial charge in [-0.2, -0.15) is 0 Å². The second-order valence-electron chi connectivity index (χ2n) is 3.72. The molecule has 0 aliphatic rings. The van der Waals surface area contributed by atoms with Crippen LogP contribution in [0.1, 0.15) is 12.0 Å². The summed E-state index contributed by atoms with van der Waals surface area (Å²) in [5.41, 5.74) is 1.08. The molecule has 0 aromatic heterocycles. The number of benzene rings is 1. The predicted molar refractivity (Wildman–Crippen MR) is 69.0 cm³/mol. The van der Waals surface area contributed by atoms with Crippen LogP contribution >= 0.6 is 11.6 Å². The fourth-order valence-corrected chi connectivity index (χ4v) is 1.51. The molecular weight excluding hydrogens is 240 g/mol. The van der Waals surface area contributed by atoms with Gasteiger partial charge in [-0.1, -0.05) is 17.7 Å². The molecule has 0 fully saturated rings. The van der Waals surface area contributed by atoms with Gasteiger partial charge in [0.25, 0.3) is 0 Å². The highest BCUT2D eigenvalue weighted by atomic mass is 35.5. The Morgan fingerprint density at radius 1 is 1.12 bits per heavy atom. The zero-order chi connectivity index (χ0) is 12.5. The Morgan fingerprint density at radius 3 is 2.71 bits per heavy atom. The lowest BCUT2D eigenvalue weighted by Crippen LogP contribution is -2.09. The van der Waals surface area contributed by atoms with E-state index in [1.807, 2.05) is 25.1 Å². The monoisotopic (exact) mass is 258 g/mol. The van der Waals surface area contributed by atoms with Crippen molar-refractivity contribution in [3.8, 4) is 5.75 Å². The second kappa shape index (κ2) is 8.34. The van der Waals surface area contributed by atoms with E-state index in [9.17, 15) is 0 Å². The molecule has 0 bridgehead atoms. The van der Waals surface area contributed by atoms with Crippen LogP contribution < -0.4 is 4.74 Å². The Morgan fingerprint density at radius 2 is 1.94 bits per heavy atom. The molecule has 1 rings (SSSR count). The lowest BCUT2D eigenvalue weighted by atomic mass is 10.2. The highest BCUT2D eigenvalue weighted by Gasteiger charge is 2.00. The van der Waals surface area contributed by atoms with Crippen LogP contribution in [0.5, 0.6) is 5.75 Å². The molecular formula is C13H19ClO3. The van der Waals surface area contributed by atoms with Gasteiger partial charge in [-0.15, -0.1) is 0 Å². The van der Waals surface area contributed by atoms with Gasteiger partial charge in [0.15, 0.2) is 0 Å². The largest absolute Gasteiger partial charge is 0.491 e. The first-order valence-corrected chi connectivity index (χ1v) is 6.07. The van der Waals surface area contributed by atoms with Crippen molar-refractivity contribution in [2.24, 2.45) is 0 Å². The summed E-state index contributed by atoms with van der Waals surface area (Å²) in [6.45, 7) is 4.54. The minimum absolute atomic E-state index is 0.536. The molecule has 4 heteroatoms. The maximum Gasteiger partial charge on any atom is 0.123 e. The summed E-state index contributed by atoms with van der Waals surface area (Å²) in [6, 6.07) is 5.61. The number of aryl methyl sites for hydroxylation is 1. The number of hydrogen-bond donors (Lipinski definition) is 0. The summed E-state index contributed by atoms with van der Waals surface area (Å²) >= 11 is 5.89. The quantitative estimate of drug-likeness (QED) is 0.671. The summed E-state index contributed by atoms with van der Waals surface area (Å²) in [4.78, 5) is 0. The molecule has 0 unspecified atom stereocenters. The summed E-state index contributed by atoms with van der Waals surface area (Å²) in [6.07, 6.45) is 0.909. The molecule has 0 atom stereocenters. The van der Waals surface area contributed by atoms with Crippen LogP contribution in [0.25, 0.3) is 0 Å². The molecule has 1 aromatic carbocycles. The molecule has 0 aliphatic carbocycles. The molecule has 17 heavy (non-hydrogen) atoms. The SMILES string of the molecule is COCCCOCCOc1cc(Cl)ccc1C. The Balaban J connectivity index is 2.15. The standard InChI is InChI=1S/C13H19ClO3/c1-11-4-5-12(14)10-13(11)17-9-8-16-7-3-6-15-2/h4-5,10H,3,6-9H2,1-2H3. The average Bonchev–Trinajstić information content (AvgIpc) is 2.32. The summed E-state index contributed by atoms with van der Waals surface area (Å²) in [5, 5.41) is 0.687. The van der Waals surface area contributed by atoms with E-state index >= 15 is 0 Å². The maximum atomic E-state index is 5.89. The van der Waals surface area contributed by atoms with Gasteiger partial charge in [-0.3, -0.25) is 0 Å². The van der Waals surface area contributed by atoms with Crippen molar-refractivity contribution in [1.82, 2.24) is 0 Å². The highest BCUT2D eigenvalue weighted by Crippen LogP contribution is 2.22. The molecule has 0 saturated heterocycles. The minimum atomic E-state index is 0.536. The third-order valence-electron chi connectivity index (χ3n) is 2.27. The van der Waals surface area contributed by atoms with Crippen LogP contribution in [0.15, 0.2) is 18.2 Å². The van der Waals surface area contributed by atoms with Crippen molar-refractivity contribution in [2.75, 3.05) is 33.5 Å². The average molecular weight is 259 g/mol. The van der Waals surface area contributed by atoms with Gasteiger partial charge >= 0.3 is 0 Å². The molecule has 3 nitrogen and oxygen atoms in total. The Bertz CT molecular complexity index is 328. The van der Waals surface area contributed by atoms with Crippen molar-refractivity contribution in [3.63, 3.8) is 0 Å². The van der Waals surface area contributed by atoms with E-state index in [1.165, 1.54) is 0 Å². The normalized spacial score (nSPS) is 10.5. The van der Waals surface area contributed by atoms with Gasteiger partial charge in [-0.25, -0.2) is 0 Å². The molecule has 0 aliphatic heterocycles. The van der Waals surface area contributed by atoms with Gasteiger partial charge in [-0.05, 0) is 31.0 Å². The zero-order valence-corrected chi connectivity index (χ0v) is 11.1. The van der Waals surface area contributed by atoms with E-state index in [0.29, 0.717) is 24.8 Å². The number of halogens is 1. The molecule has 0 radical (unpaired) electrons. The van der Waals surface area contributed by atoms with Gasteiger partial charge in [0.2, 0.25) is 0 Å². The lowest BCUT2D eigenvalue weighted by molar-refractivity contribution is 0.0805. The molecule has 0 spiro atoms. The smallest absolute Gasteiger partial charge is 0.123 e. The Labute approximate surface area is 108 Å². The fraction of sp³-hybridized carbons (Fsp3) is 0.538. The summed E-state index contributed by atoms with van der Waals surface area (Å²) in [7, 11) is 1.69. The van der Waals surface area contributed by atoms with E-state index in [2.05, 4.69) is 0 Å². The van der Waals surface area contributed by atoms with Crippen molar-refractivity contribution in [3.05, 3.63) is 28.8 Å². The van der Waals surface area contributed by atoms with E-state index in [-0.39, 0.29) is 0 Å². The number of rotatable bonds is 8. The van der Waals surface area contributed by atoms with Crippen LogP contribution in [0, 0.1) is 6.92 Å². The van der Waals surface area contributed by atoms with Crippen LogP contribution in [0.3, 0.4) is 0 Å². The van der Waals surface area contributed by atoms with Crippen molar-refractivity contribution in [2.45, 2.75) is 13.3 Å². The van der Waals surface area contributed by atoms with E-state index in [1.54, 1.807) is 7.11 Å². The van der Waals surface area contributed by atoms with Crippen molar-refractivity contribution in [1.29, 1.82) is 0 Å². The van der Waals surface area contributed by atoms with E-state index in [4.69, 9.17) is 25.8 Å². The molecule has 0 amide bonds. The lowest BCUT2D eigenvalue weighted by Gasteiger charge is -2.09. The number of methoxy groups -OCH3 is 1. The zero-order valence-electron chi connectivity index (χ0n) is 10.4. The molecule has 0 heterocycles. The second-order valence-corrected chi connectivity index (χ2v) is 4.15. The number of hydrogen-bond acceptors (Lipinski definition) is 3. The first kappa shape index (κ1) is 14.3. The molecule has 0 N–H and O–H groups in total. The van der Waals surface area contributed by atoms with Crippen LogP contribution in [0.4, 0.5) is 0 Å². The fourth-order valence-electron chi connectivity index (χ4n) is 1.35. The van der Waals surface area contributed by atoms with Gasteiger partial charge in [0.05, 0.1) is 6.61 Å². The van der Waals surface area contributed by atoms with Crippen LogP contribution in [0.2, 0.25) is 5.02 Å². The third-order valence-corrected chi connectivity index (χ3v) is 2.51. The van der Waals surface area contributed by atoms with Crippen LogP contribution in [-0.2, 0) is 9.47 Å². The summed E-state index contributed by atoms with van der Waals surface area (Å²) in [5.74, 6) is 0.818. The minimum Gasteiger partial charge on any atom is -0.491 e. The van der Waals surface area contributed by atoms with Crippen molar-refractivity contribution >= 4 is 11.6 Å². The molecule has 0 saturated carbocycles.